The van der Waals surface area contributed by atoms with Gasteiger partial charge in [0.05, 0.1) is 15.6 Å². The lowest BCUT2D eigenvalue weighted by Gasteiger charge is -2.08. The monoisotopic (exact) mass is 464 g/mol. The minimum Gasteiger partial charge on any atom is -0.337 e. The van der Waals surface area contributed by atoms with Gasteiger partial charge in [-0.2, -0.15) is 0 Å². The molecule has 34 heavy (non-hydrogen) atoms. The molecule has 3 aromatic heterocycles. The standard InChI is InChI=1S/C27H20N4O2S/c1-17-7-6-8-19(13-17)28-25(32)16-30-15-18(20-9-2-4-11-22(20)30)14-24-26(33)31-23-12-5-3-10-21(23)29-27(31)34-24/h2-15H,16H2,1H3,(H,28,32)/b24-14-. The van der Waals surface area contributed by atoms with Gasteiger partial charge < -0.3 is 9.88 Å². The van der Waals surface area contributed by atoms with E-state index in [2.05, 4.69) is 10.3 Å². The summed E-state index contributed by atoms with van der Waals surface area (Å²) in [5.41, 5.74) is 5.24. The lowest BCUT2D eigenvalue weighted by molar-refractivity contribution is -0.116. The van der Waals surface area contributed by atoms with E-state index >= 15 is 0 Å². The summed E-state index contributed by atoms with van der Waals surface area (Å²) in [5.74, 6) is -0.108. The van der Waals surface area contributed by atoms with Crippen molar-refractivity contribution in [3.8, 4) is 0 Å². The number of carbonyl (C=O) groups excluding carboxylic acids is 1. The maximum atomic E-state index is 13.2. The van der Waals surface area contributed by atoms with E-state index in [9.17, 15) is 9.59 Å². The summed E-state index contributed by atoms with van der Waals surface area (Å²) in [4.78, 5) is 31.2. The molecule has 0 aliphatic rings. The van der Waals surface area contributed by atoms with Crippen molar-refractivity contribution < 1.29 is 4.79 Å². The minimum atomic E-state index is -0.108. The quantitative estimate of drug-likeness (QED) is 0.422. The van der Waals surface area contributed by atoms with Gasteiger partial charge in [-0.3, -0.25) is 9.59 Å². The Morgan fingerprint density at radius 1 is 1.03 bits per heavy atom. The van der Waals surface area contributed by atoms with Gasteiger partial charge in [0.25, 0.3) is 5.56 Å². The zero-order valence-electron chi connectivity index (χ0n) is 18.4. The van der Waals surface area contributed by atoms with E-state index in [0.29, 0.717) is 9.49 Å². The van der Waals surface area contributed by atoms with E-state index in [4.69, 9.17) is 0 Å². The smallest absolute Gasteiger partial charge is 0.274 e. The number of para-hydroxylation sites is 3. The van der Waals surface area contributed by atoms with Crippen molar-refractivity contribution >= 4 is 55.9 Å². The van der Waals surface area contributed by atoms with Crippen molar-refractivity contribution in [1.82, 2.24) is 14.0 Å². The number of carbonyl (C=O) groups is 1. The van der Waals surface area contributed by atoms with Crippen LogP contribution in [0.2, 0.25) is 0 Å². The van der Waals surface area contributed by atoms with Gasteiger partial charge in [-0.25, -0.2) is 9.38 Å². The van der Waals surface area contributed by atoms with Gasteiger partial charge in [-0.05, 0) is 48.9 Å². The molecule has 6 nitrogen and oxygen atoms in total. The lowest BCUT2D eigenvalue weighted by Crippen LogP contribution is -2.22. The largest absolute Gasteiger partial charge is 0.337 e. The van der Waals surface area contributed by atoms with Crippen LogP contribution in [0.15, 0.2) is 83.8 Å². The normalized spacial score (nSPS) is 12.2. The first kappa shape index (κ1) is 20.4. The van der Waals surface area contributed by atoms with E-state index in [-0.39, 0.29) is 18.0 Å². The number of anilines is 1. The van der Waals surface area contributed by atoms with Crippen LogP contribution in [-0.4, -0.2) is 19.9 Å². The summed E-state index contributed by atoms with van der Waals surface area (Å²) in [7, 11) is 0. The van der Waals surface area contributed by atoms with Crippen molar-refractivity contribution in [2.24, 2.45) is 0 Å². The number of fused-ring (bicyclic) bond motifs is 4. The molecular weight excluding hydrogens is 444 g/mol. The number of rotatable bonds is 4. The lowest BCUT2D eigenvalue weighted by atomic mass is 10.2. The zero-order chi connectivity index (χ0) is 23.2. The van der Waals surface area contributed by atoms with Gasteiger partial charge in [0.1, 0.15) is 6.54 Å². The second-order valence-electron chi connectivity index (χ2n) is 8.28. The molecule has 166 valence electrons. The fourth-order valence-corrected chi connectivity index (χ4v) is 5.33. The highest BCUT2D eigenvalue weighted by Gasteiger charge is 2.13. The van der Waals surface area contributed by atoms with Crippen molar-refractivity contribution in [3.63, 3.8) is 0 Å². The number of nitrogens with zero attached hydrogens (tertiary/aromatic N) is 3. The van der Waals surface area contributed by atoms with Crippen LogP contribution in [0.25, 0.3) is 33.0 Å². The van der Waals surface area contributed by atoms with Crippen LogP contribution >= 0.6 is 11.3 Å². The number of aryl methyl sites for hydroxylation is 1. The Hall–Kier alpha value is -4.23. The van der Waals surface area contributed by atoms with Gasteiger partial charge in [0.2, 0.25) is 5.91 Å². The first-order valence-corrected chi connectivity index (χ1v) is 11.7. The van der Waals surface area contributed by atoms with E-state index < -0.39 is 0 Å². The Kier molecular flexibility index (Phi) is 4.78. The van der Waals surface area contributed by atoms with Gasteiger partial charge in [-0.1, -0.05) is 53.8 Å². The number of thiazole rings is 1. The van der Waals surface area contributed by atoms with Crippen LogP contribution < -0.4 is 15.4 Å². The highest BCUT2D eigenvalue weighted by molar-refractivity contribution is 7.15. The van der Waals surface area contributed by atoms with Crippen molar-refractivity contribution in [1.29, 1.82) is 0 Å². The summed E-state index contributed by atoms with van der Waals surface area (Å²) < 4.78 is 4.20. The topological polar surface area (TPSA) is 68.4 Å². The number of hydrogen-bond donors (Lipinski definition) is 1. The number of aromatic nitrogens is 3. The number of benzene rings is 3. The van der Waals surface area contributed by atoms with Crippen molar-refractivity contribution in [2.45, 2.75) is 13.5 Å². The molecule has 0 bridgehead atoms. The molecular formula is C27H20N4O2S. The summed E-state index contributed by atoms with van der Waals surface area (Å²) in [6.45, 7) is 2.16. The molecule has 0 fully saturated rings. The molecule has 1 amide bonds. The van der Waals surface area contributed by atoms with Crippen molar-refractivity contribution in [3.05, 3.63) is 105 Å². The molecule has 0 saturated heterocycles. The number of hydrogen-bond acceptors (Lipinski definition) is 4. The van der Waals surface area contributed by atoms with E-state index in [1.807, 2.05) is 96.6 Å². The maximum absolute atomic E-state index is 13.2. The Morgan fingerprint density at radius 2 is 1.82 bits per heavy atom. The molecule has 6 rings (SSSR count). The molecule has 0 radical (unpaired) electrons. The van der Waals surface area contributed by atoms with Crippen molar-refractivity contribution in [2.75, 3.05) is 5.32 Å². The third-order valence-electron chi connectivity index (χ3n) is 5.87. The maximum Gasteiger partial charge on any atom is 0.274 e. The minimum absolute atomic E-state index is 0.0808. The number of imidazole rings is 1. The zero-order valence-corrected chi connectivity index (χ0v) is 19.2. The molecule has 7 heteroatoms. The molecule has 0 unspecified atom stereocenters. The van der Waals surface area contributed by atoms with Crippen LogP contribution in [0.4, 0.5) is 5.69 Å². The van der Waals surface area contributed by atoms with Crippen LogP contribution in [0.5, 0.6) is 0 Å². The molecule has 3 aromatic carbocycles. The average molecular weight is 465 g/mol. The molecule has 0 spiro atoms. The second kappa shape index (κ2) is 7.97. The summed E-state index contributed by atoms with van der Waals surface area (Å²) in [5, 5.41) is 3.95. The van der Waals surface area contributed by atoms with E-state index in [1.54, 1.807) is 4.40 Å². The predicted molar refractivity (Wildman–Crippen MR) is 137 cm³/mol. The third-order valence-corrected chi connectivity index (χ3v) is 6.84. The Bertz CT molecular complexity index is 1830. The number of amides is 1. The Labute approximate surface area is 198 Å². The molecule has 0 atom stereocenters. The highest BCUT2D eigenvalue weighted by atomic mass is 32.1. The first-order chi connectivity index (χ1) is 16.6. The van der Waals surface area contributed by atoms with Gasteiger partial charge in [0.15, 0.2) is 4.96 Å². The third kappa shape index (κ3) is 3.47. The van der Waals surface area contributed by atoms with Gasteiger partial charge in [0, 0.05) is 28.4 Å². The predicted octanol–water partition coefficient (Wildman–Crippen LogP) is 4.36. The Morgan fingerprint density at radius 3 is 2.68 bits per heavy atom. The fourth-order valence-electron chi connectivity index (χ4n) is 4.35. The highest BCUT2D eigenvalue weighted by Crippen LogP contribution is 2.23. The van der Waals surface area contributed by atoms with Crippen LogP contribution in [0, 0.1) is 6.92 Å². The van der Waals surface area contributed by atoms with E-state index in [0.717, 1.165) is 38.8 Å². The molecule has 0 saturated carbocycles. The fraction of sp³-hybridized carbons (Fsp3) is 0.0741. The van der Waals surface area contributed by atoms with Gasteiger partial charge >= 0.3 is 0 Å². The summed E-state index contributed by atoms with van der Waals surface area (Å²) >= 11 is 1.37. The number of nitrogens with one attached hydrogen (secondary N) is 1. The molecule has 0 aliphatic carbocycles. The van der Waals surface area contributed by atoms with Crippen LogP contribution in [0.3, 0.4) is 0 Å². The summed E-state index contributed by atoms with van der Waals surface area (Å²) in [6, 6.07) is 23.3. The van der Waals surface area contributed by atoms with E-state index in [1.165, 1.54) is 11.3 Å². The summed E-state index contributed by atoms with van der Waals surface area (Å²) in [6.07, 6.45) is 3.83. The molecule has 3 heterocycles. The first-order valence-electron chi connectivity index (χ1n) is 10.9. The average Bonchev–Trinajstić information content (AvgIpc) is 3.45. The molecule has 6 aromatic rings. The van der Waals surface area contributed by atoms with Crippen LogP contribution in [-0.2, 0) is 11.3 Å². The van der Waals surface area contributed by atoms with Crippen LogP contribution in [0.1, 0.15) is 11.1 Å². The van der Waals surface area contributed by atoms with Gasteiger partial charge in [-0.15, -0.1) is 0 Å². The molecule has 1 N–H and O–H groups in total. The Balaban J connectivity index is 1.40. The molecule has 0 aliphatic heterocycles. The SMILES string of the molecule is Cc1cccc(NC(=O)Cn2cc(/C=c3\sc4nc5ccccc5n4c3=O)c3ccccc32)c1. The second-order valence-corrected chi connectivity index (χ2v) is 9.29.